The van der Waals surface area contributed by atoms with Gasteiger partial charge in [-0.2, -0.15) is 0 Å². The van der Waals surface area contributed by atoms with Gasteiger partial charge in [0.15, 0.2) is 6.61 Å². The van der Waals surface area contributed by atoms with Crippen LogP contribution in [0.3, 0.4) is 0 Å². The number of esters is 1. The molecule has 1 heterocycles. The van der Waals surface area contributed by atoms with Crippen molar-refractivity contribution in [3.8, 4) is 5.75 Å². The molecule has 2 aromatic carbocycles. The molecule has 3 aromatic rings. The van der Waals surface area contributed by atoms with Gasteiger partial charge in [0.1, 0.15) is 17.1 Å². The van der Waals surface area contributed by atoms with Crippen LogP contribution >= 0.6 is 0 Å². The SMILES string of the molecule is C[C@H](NC(=O)COC(=O)CCOc1ccccc1)c1cc2ccccc2o1. The maximum Gasteiger partial charge on any atom is 0.309 e. The van der Waals surface area contributed by atoms with E-state index in [0.29, 0.717) is 11.5 Å². The molecule has 0 aliphatic carbocycles. The lowest BCUT2D eigenvalue weighted by atomic mass is 10.2. The number of hydrogen-bond acceptors (Lipinski definition) is 5. The van der Waals surface area contributed by atoms with Crippen LogP contribution in [0.25, 0.3) is 11.0 Å². The number of nitrogens with one attached hydrogen (secondary N) is 1. The molecule has 0 saturated heterocycles. The zero-order valence-electron chi connectivity index (χ0n) is 15.0. The average molecular weight is 367 g/mol. The molecular weight excluding hydrogens is 346 g/mol. The van der Waals surface area contributed by atoms with E-state index in [1.807, 2.05) is 55.5 Å². The molecule has 0 spiro atoms. The predicted octanol–water partition coefficient (Wildman–Crippen LogP) is 3.62. The fraction of sp³-hybridized carbons (Fsp3) is 0.238. The molecule has 27 heavy (non-hydrogen) atoms. The number of hydrogen-bond donors (Lipinski definition) is 1. The van der Waals surface area contributed by atoms with E-state index in [-0.39, 0.29) is 31.6 Å². The van der Waals surface area contributed by atoms with Gasteiger partial charge >= 0.3 is 5.97 Å². The van der Waals surface area contributed by atoms with Crippen LogP contribution in [0.15, 0.2) is 65.1 Å². The molecule has 1 aromatic heterocycles. The summed E-state index contributed by atoms with van der Waals surface area (Å²) < 4.78 is 16.1. The Balaban J connectivity index is 1.39. The summed E-state index contributed by atoms with van der Waals surface area (Å²) >= 11 is 0. The first-order chi connectivity index (χ1) is 13.1. The Bertz CT molecular complexity index is 870. The molecule has 0 unspecified atom stereocenters. The van der Waals surface area contributed by atoms with Gasteiger partial charge in [0, 0.05) is 5.39 Å². The second kappa shape index (κ2) is 8.89. The Morgan fingerprint density at radius 2 is 1.81 bits per heavy atom. The van der Waals surface area contributed by atoms with E-state index in [9.17, 15) is 9.59 Å². The van der Waals surface area contributed by atoms with Crippen molar-refractivity contribution in [2.75, 3.05) is 13.2 Å². The molecule has 0 fully saturated rings. The number of para-hydroxylation sites is 2. The Kier molecular flexibility index (Phi) is 6.10. The molecule has 1 amide bonds. The fourth-order valence-electron chi connectivity index (χ4n) is 2.56. The van der Waals surface area contributed by atoms with Crippen LogP contribution in [0, 0.1) is 0 Å². The van der Waals surface area contributed by atoms with E-state index in [1.165, 1.54) is 0 Å². The van der Waals surface area contributed by atoms with Gasteiger partial charge in [-0.15, -0.1) is 0 Å². The van der Waals surface area contributed by atoms with Gasteiger partial charge in [-0.05, 0) is 31.2 Å². The first kappa shape index (κ1) is 18.5. The number of carbonyl (C=O) groups excluding carboxylic acids is 2. The van der Waals surface area contributed by atoms with E-state index in [4.69, 9.17) is 13.9 Å². The van der Waals surface area contributed by atoms with Crippen LogP contribution < -0.4 is 10.1 Å². The highest BCUT2D eigenvalue weighted by molar-refractivity contribution is 5.81. The highest BCUT2D eigenvalue weighted by Crippen LogP contribution is 2.23. The highest BCUT2D eigenvalue weighted by Gasteiger charge is 2.15. The van der Waals surface area contributed by atoms with Crippen LogP contribution in [-0.4, -0.2) is 25.1 Å². The zero-order chi connectivity index (χ0) is 19.1. The molecule has 6 nitrogen and oxygen atoms in total. The summed E-state index contributed by atoms with van der Waals surface area (Å²) in [6, 6.07) is 18.4. The lowest BCUT2D eigenvalue weighted by molar-refractivity contribution is -0.149. The van der Waals surface area contributed by atoms with Crippen molar-refractivity contribution in [2.45, 2.75) is 19.4 Å². The average Bonchev–Trinajstić information content (AvgIpc) is 3.12. The lowest BCUT2D eigenvalue weighted by Gasteiger charge is -2.11. The molecule has 0 radical (unpaired) electrons. The van der Waals surface area contributed by atoms with Crippen molar-refractivity contribution >= 4 is 22.8 Å². The molecule has 6 heteroatoms. The van der Waals surface area contributed by atoms with Crippen molar-refractivity contribution in [1.82, 2.24) is 5.32 Å². The van der Waals surface area contributed by atoms with Gasteiger partial charge in [0.05, 0.1) is 19.1 Å². The third kappa shape index (κ3) is 5.34. The third-order valence-electron chi connectivity index (χ3n) is 3.93. The summed E-state index contributed by atoms with van der Waals surface area (Å²) in [4.78, 5) is 23.7. The second-order valence-electron chi connectivity index (χ2n) is 6.05. The lowest BCUT2D eigenvalue weighted by Crippen LogP contribution is -2.31. The largest absolute Gasteiger partial charge is 0.493 e. The molecular formula is C21H21NO5. The van der Waals surface area contributed by atoms with Gasteiger partial charge in [-0.1, -0.05) is 36.4 Å². The van der Waals surface area contributed by atoms with Gasteiger partial charge in [0.2, 0.25) is 0 Å². The fourth-order valence-corrected chi connectivity index (χ4v) is 2.56. The predicted molar refractivity (Wildman–Crippen MR) is 100 cm³/mol. The van der Waals surface area contributed by atoms with Crippen LogP contribution in [0.1, 0.15) is 25.1 Å². The van der Waals surface area contributed by atoms with Crippen LogP contribution in [0.5, 0.6) is 5.75 Å². The Hall–Kier alpha value is -3.28. The van der Waals surface area contributed by atoms with Crippen LogP contribution in [-0.2, 0) is 14.3 Å². The van der Waals surface area contributed by atoms with E-state index in [0.717, 1.165) is 11.0 Å². The summed E-state index contributed by atoms with van der Waals surface area (Å²) in [5, 5.41) is 3.72. The monoisotopic (exact) mass is 367 g/mol. The number of furan rings is 1. The number of amides is 1. The summed E-state index contributed by atoms with van der Waals surface area (Å²) in [6.07, 6.45) is 0.0707. The standard InChI is InChI=1S/C21H21NO5/c1-15(19-13-16-7-5-6-10-18(16)27-19)22-20(23)14-26-21(24)11-12-25-17-8-3-2-4-9-17/h2-10,13,15H,11-12,14H2,1H3,(H,22,23)/t15-/m0/s1. The maximum absolute atomic E-state index is 12.0. The van der Waals surface area contributed by atoms with Crippen LogP contribution in [0.4, 0.5) is 0 Å². The molecule has 0 aliphatic rings. The Morgan fingerprint density at radius 1 is 1.07 bits per heavy atom. The van der Waals surface area contributed by atoms with Gasteiger partial charge in [-0.25, -0.2) is 0 Å². The van der Waals surface area contributed by atoms with Gasteiger partial charge in [0.25, 0.3) is 5.91 Å². The summed E-state index contributed by atoms with van der Waals surface area (Å²) in [6.45, 7) is 1.67. The minimum atomic E-state index is -0.488. The molecule has 1 N–H and O–H groups in total. The van der Waals surface area contributed by atoms with Gasteiger partial charge < -0.3 is 19.2 Å². The first-order valence-corrected chi connectivity index (χ1v) is 8.73. The third-order valence-corrected chi connectivity index (χ3v) is 3.93. The summed E-state index contributed by atoms with van der Waals surface area (Å²) in [5.74, 6) is 0.451. The van der Waals surface area contributed by atoms with E-state index >= 15 is 0 Å². The van der Waals surface area contributed by atoms with Crippen molar-refractivity contribution < 1.29 is 23.5 Å². The van der Waals surface area contributed by atoms with Crippen LogP contribution in [0.2, 0.25) is 0 Å². The van der Waals surface area contributed by atoms with E-state index in [1.54, 1.807) is 12.1 Å². The highest BCUT2D eigenvalue weighted by atomic mass is 16.5. The van der Waals surface area contributed by atoms with Crippen molar-refractivity contribution in [2.24, 2.45) is 0 Å². The topological polar surface area (TPSA) is 77.8 Å². The van der Waals surface area contributed by atoms with Gasteiger partial charge in [-0.3, -0.25) is 9.59 Å². The Morgan fingerprint density at radius 3 is 2.59 bits per heavy atom. The number of ether oxygens (including phenoxy) is 2. The molecule has 0 saturated carbocycles. The van der Waals surface area contributed by atoms with Crippen molar-refractivity contribution in [3.63, 3.8) is 0 Å². The Labute approximate surface area is 157 Å². The number of carbonyl (C=O) groups is 2. The van der Waals surface area contributed by atoms with Crippen molar-refractivity contribution in [3.05, 3.63) is 66.4 Å². The number of fused-ring (bicyclic) bond motifs is 1. The minimum absolute atomic E-state index is 0.0707. The molecule has 0 aliphatic heterocycles. The van der Waals surface area contributed by atoms with E-state index in [2.05, 4.69) is 5.32 Å². The maximum atomic E-state index is 12.0. The molecule has 140 valence electrons. The summed E-state index contributed by atoms with van der Waals surface area (Å²) in [7, 11) is 0. The van der Waals surface area contributed by atoms with Crippen molar-refractivity contribution in [1.29, 1.82) is 0 Å². The molecule has 3 rings (SSSR count). The molecule has 0 bridgehead atoms. The van der Waals surface area contributed by atoms with E-state index < -0.39 is 5.97 Å². The quantitative estimate of drug-likeness (QED) is 0.615. The number of rotatable bonds is 8. The smallest absolute Gasteiger partial charge is 0.309 e. The summed E-state index contributed by atoms with van der Waals surface area (Å²) in [5.41, 5.74) is 0.762. The minimum Gasteiger partial charge on any atom is -0.493 e. The zero-order valence-corrected chi connectivity index (χ0v) is 15.0. The first-order valence-electron chi connectivity index (χ1n) is 8.73. The normalized spacial score (nSPS) is 11.7. The second-order valence-corrected chi connectivity index (χ2v) is 6.05. The number of benzene rings is 2. The molecule has 1 atom stereocenters.